The molecule has 3 rings (SSSR count). The zero-order valence-corrected chi connectivity index (χ0v) is 13.1. The summed E-state index contributed by atoms with van der Waals surface area (Å²) < 4.78 is 50.4. The molecule has 0 atom stereocenters. The zero-order chi connectivity index (χ0) is 18.0. The van der Waals surface area contributed by atoms with Crippen LogP contribution in [0.1, 0.15) is 0 Å². The van der Waals surface area contributed by atoms with Crippen molar-refractivity contribution in [2.24, 2.45) is 0 Å². The third kappa shape index (κ3) is 4.41. The van der Waals surface area contributed by atoms with Crippen molar-refractivity contribution in [3.63, 3.8) is 0 Å². The van der Waals surface area contributed by atoms with Crippen molar-refractivity contribution in [2.75, 3.05) is 10.6 Å². The molecule has 1 aromatic carbocycles. The van der Waals surface area contributed by atoms with Gasteiger partial charge in [0.1, 0.15) is 5.82 Å². The molecule has 2 aromatic heterocycles. The lowest BCUT2D eigenvalue weighted by Crippen LogP contribution is -2.19. The van der Waals surface area contributed by atoms with Gasteiger partial charge in [0.2, 0.25) is 0 Å². The quantitative estimate of drug-likeness (QED) is 0.451. The number of carbonyl (C=O) groups is 1. The van der Waals surface area contributed by atoms with Crippen molar-refractivity contribution in [3.05, 3.63) is 48.7 Å². The first-order chi connectivity index (χ1) is 11.8. The minimum Gasteiger partial charge on any atom is -0.359 e. The highest BCUT2D eigenvalue weighted by Gasteiger charge is 2.29. The fraction of sp³-hybridized carbons (Fsp3) is 0.0667. The van der Waals surface area contributed by atoms with E-state index in [2.05, 4.69) is 20.6 Å². The van der Waals surface area contributed by atoms with Crippen molar-refractivity contribution in [3.8, 4) is 0 Å². The lowest BCUT2D eigenvalue weighted by Gasteiger charge is -2.09. The second-order valence-corrected chi connectivity index (χ2v) is 6.07. The van der Waals surface area contributed by atoms with Crippen LogP contribution in [0.3, 0.4) is 0 Å². The van der Waals surface area contributed by atoms with Crippen LogP contribution in [0.15, 0.2) is 47.8 Å². The molecule has 25 heavy (non-hydrogen) atoms. The number of carbonyl (C=O) groups excluding carboxylic acids is 1. The molecule has 2 amide bonds. The summed E-state index contributed by atoms with van der Waals surface area (Å²) >= 11 is -0.330. The summed E-state index contributed by atoms with van der Waals surface area (Å²) in [6.07, 6.45) is 3.75. The number of amides is 2. The van der Waals surface area contributed by atoms with E-state index in [1.165, 1.54) is 30.6 Å². The summed E-state index contributed by atoms with van der Waals surface area (Å²) in [4.78, 5) is 18.4. The summed E-state index contributed by atoms with van der Waals surface area (Å²) in [6, 6.07) is 4.51. The van der Waals surface area contributed by atoms with Gasteiger partial charge in [-0.2, -0.15) is 13.2 Å². The molecule has 0 spiro atoms. The van der Waals surface area contributed by atoms with E-state index in [0.717, 1.165) is 12.3 Å². The number of thioether (sulfide) groups is 1. The number of nitrogens with one attached hydrogen (secondary N) is 3. The third-order valence-electron chi connectivity index (χ3n) is 3.10. The number of fused-ring (bicyclic) bond motifs is 1. The first-order valence-corrected chi connectivity index (χ1v) is 7.67. The van der Waals surface area contributed by atoms with Gasteiger partial charge in [-0.15, -0.1) is 0 Å². The van der Waals surface area contributed by atoms with Crippen LogP contribution in [0.25, 0.3) is 10.9 Å². The van der Waals surface area contributed by atoms with Crippen LogP contribution in [0, 0.1) is 5.82 Å². The molecule has 0 aliphatic carbocycles. The Kier molecular flexibility index (Phi) is 4.53. The molecule has 0 aliphatic heterocycles. The molecule has 0 saturated heterocycles. The van der Waals surface area contributed by atoms with Crippen LogP contribution < -0.4 is 10.6 Å². The number of H-pyrrole nitrogens is 1. The number of anilines is 2. The van der Waals surface area contributed by atoms with E-state index in [4.69, 9.17) is 0 Å². The number of benzene rings is 1. The fourth-order valence-corrected chi connectivity index (χ4v) is 2.72. The summed E-state index contributed by atoms with van der Waals surface area (Å²) in [6.45, 7) is 0. The Balaban J connectivity index is 1.72. The van der Waals surface area contributed by atoms with Crippen molar-refractivity contribution >= 4 is 40.1 Å². The number of aromatic amines is 1. The number of nitrogens with zero attached hydrogens (tertiary/aromatic N) is 1. The van der Waals surface area contributed by atoms with Crippen LogP contribution >= 0.6 is 11.8 Å². The van der Waals surface area contributed by atoms with Crippen molar-refractivity contribution in [2.45, 2.75) is 10.4 Å². The van der Waals surface area contributed by atoms with E-state index in [-0.39, 0.29) is 22.3 Å². The topological polar surface area (TPSA) is 69.8 Å². The van der Waals surface area contributed by atoms with Gasteiger partial charge in [-0.3, -0.25) is 4.98 Å². The number of aromatic nitrogens is 2. The Morgan fingerprint density at radius 1 is 1.16 bits per heavy atom. The predicted octanol–water partition coefficient (Wildman–Crippen LogP) is 4.96. The second kappa shape index (κ2) is 6.63. The summed E-state index contributed by atoms with van der Waals surface area (Å²) in [5.74, 6) is -0.461. The maximum Gasteiger partial charge on any atom is 0.446 e. The Morgan fingerprint density at radius 3 is 2.72 bits per heavy atom. The highest BCUT2D eigenvalue weighted by molar-refractivity contribution is 8.00. The van der Waals surface area contributed by atoms with Gasteiger partial charge >= 0.3 is 11.5 Å². The Morgan fingerprint density at radius 2 is 1.96 bits per heavy atom. The van der Waals surface area contributed by atoms with Crippen molar-refractivity contribution < 1.29 is 22.4 Å². The largest absolute Gasteiger partial charge is 0.446 e. The molecule has 130 valence electrons. The van der Waals surface area contributed by atoms with E-state index in [1.54, 1.807) is 0 Å². The van der Waals surface area contributed by atoms with Crippen LogP contribution in [0.4, 0.5) is 33.7 Å². The summed E-state index contributed by atoms with van der Waals surface area (Å²) in [7, 11) is 0. The van der Waals surface area contributed by atoms with E-state index in [0.29, 0.717) is 16.6 Å². The molecule has 3 N–H and O–H groups in total. The van der Waals surface area contributed by atoms with Gasteiger partial charge in [0.15, 0.2) is 0 Å². The number of hydrogen-bond donors (Lipinski definition) is 3. The monoisotopic (exact) mass is 370 g/mol. The van der Waals surface area contributed by atoms with E-state index < -0.39 is 17.4 Å². The average Bonchev–Trinajstić information content (AvgIpc) is 2.88. The van der Waals surface area contributed by atoms with Gasteiger partial charge in [0, 0.05) is 28.2 Å². The average molecular weight is 370 g/mol. The van der Waals surface area contributed by atoms with Crippen molar-refractivity contribution in [1.29, 1.82) is 0 Å². The van der Waals surface area contributed by atoms with Crippen LogP contribution in [0.2, 0.25) is 0 Å². The molecule has 2 heterocycles. The van der Waals surface area contributed by atoms with Gasteiger partial charge in [-0.05, 0) is 36.0 Å². The van der Waals surface area contributed by atoms with Gasteiger partial charge in [-0.1, -0.05) is 0 Å². The normalized spacial score (nSPS) is 11.5. The van der Waals surface area contributed by atoms with E-state index in [9.17, 15) is 22.4 Å². The maximum absolute atomic E-state index is 13.3. The molecule has 0 unspecified atom stereocenters. The van der Waals surface area contributed by atoms with Crippen molar-refractivity contribution in [1.82, 2.24) is 9.97 Å². The molecular formula is C15H10F4N4OS. The Hall–Kier alpha value is -2.75. The van der Waals surface area contributed by atoms with Gasteiger partial charge in [-0.25, -0.2) is 9.18 Å². The molecular weight excluding hydrogens is 360 g/mol. The summed E-state index contributed by atoms with van der Waals surface area (Å²) in [5, 5.41) is 5.36. The number of hydrogen-bond acceptors (Lipinski definition) is 3. The maximum atomic E-state index is 13.3. The highest BCUT2D eigenvalue weighted by Crippen LogP contribution is 2.37. The lowest BCUT2D eigenvalue weighted by atomic mass is 10.2. The van der Waals surface area contributed by atoms with E-state index >= 15 is 0 Å². The first kappa shape index (κ1) is 17.1. The summed E-state index contributed by atoms with van der Waals surface area (Å²) in [5.41, 5.74) is -3.39. The SMILES string of the molecule is O=C(Nc1cncc(SC(F)(F)F)c1)Nc1c[nH]c2ccc(F)cc12. The first-order valence-electron chi connectivity index (χ1n) is 6.85. The van der Waals surface area contributed by atoms with Crippen LogP contribution in [-0.2, 0) is 0 Å². The number of pyridine rings is 1. The minimum atomic E-state index is -4.45. The molecule has 3 aromatic rings. The molecule has 0 fully saturated rings. The standard InChI is InChI=1S/C15H10F4N4OS/c16-8-1-2-12-11(3-8)13(7-21-12)23-14(24)22-9-4-10(6-20-5-9)25-15(17,18)19/h1-7,21H,(H2,22,23,24). The number of urea groups is 1. The molecule has 0 radical (unpaired) electrons. The molecule has 10 heteroatoms. The fourth-order valence-electron chi connectivity index (χ4n) is 2.16. The van der Waals surface area contributed by atoms with Gasteiger partial charge < -0.3 is 15.6 Å². The third-order valence-corrected chi connectivity index (χ3v) is 3.79. The minimum absolute atomic E-state index is 0.0952. The van der Waals surface area contributed by atoms with Crippen LogP contribution in [-0.4, -0.2) is 21.5 Å². The number of halogens is 4. The molecule has 0 aliphatic rings. The zero-order valence-electron chi connectivity index (χ0n) is 12.3. The second-order valence-electron chi connectivity index (χ2n) is 4.93. The lowest BCUT2D eigenvalue weighted by molar-refractivity contribution is -0.0328. The van der Waals surface area contributed by atoms with Gasteiger partial charge in [0.25, 0.3) is 0 Å². The van der Waals surface area contributed by atoms with Gasteiger partial charge in [0.05, 0.1) is 17.6 Å². The number of rotatable bonds is 3. The van der Waals surface area contributed by atoms with Crippen LogP contribution in [0.5, 0.6) is 0 Å². The molecule has 5 nitrogen and oxygen atoms in total. The molecule has 0 saturated carbocycles. The highest BCUT2D eigenvalue weighted by atomic mass is 32.2. The molecule has 0 bridgehead atoms. The Bertz CT molecular complexity index is 925. The number of alkyl halides is 3. The Labute approximate surface area is 142 Å². The van der Waals surface area contributed by atoms with E-state index in [1.807, 2.05) is 0 Å². The predicted molar refractivity (Wildman–Crippen MR) is 87.0 cm³/mol. The smallest absolute Gasteiger partial charge is 0.359 e.